The van der Waals surface area contributed by atoms with Crippen molar-refractivity contribution in [3.63, 3.8) is 0 Å². The van der Waals surface area contributed by atoms with Crippen LogP contribution in [0.5, 0.6) is 0 Å². The van der Waals surface area contributed by atoms with Gasteiger partial charge >= 0.3 is 5.97 Å². The van der Waals surface area contributed by atoms with Gasteiger partial charge < -0.3 is 5.11 Å². The first-order chi connectivity index (χ1) is 7.11. The van der Waals surface area contributed by atoms with Crippen LogP contribution in [0.15, 0.2) is 17.2 Å². The lowest BCUT2D eigenvalue weighted by atomic mass is 10.2. The maximum absolute atomic E-state index is 10.3. The van der Waals surface area contributed by atoms with Gasteiger partial charge in [0, 0.05) is 11.4 Å². The smallest absolute Gasteiger partial charge is 0.304 e. The zero-order valence-electron chi connectivity index (χ0n) is 8.23. The van der Waals surface area contributed by atoms with E-state index in [0.29, 0.717) is 16.3 Å². The van der Waals surface area contributed by atoms with Crippen molar-refractivity contribution in [3.8, 4) is 6.07 Å². The highest BCUT2D eigenvalue weighted by Gasteiger charge is 2.02. The van der Waals surface area contributed by atoms with Gasteiger partial charge in [0.05, 0.1) is 23.1 Å². The number of nitrogens with zero attached hydrogens (tertiary/aromatic N) is 2. The number of carboxylic acid groups (broad SMARTS) is 1. The lowest BCUT2D eigenvalue weighted by molar-refractivity contribution is -0.136. The molecule has 0 spiro atoms. The number of nitriles is 1. The van der Waals surface area contributed by atoms with E-state index in [1.807, 2.05) is 13.0 Å². The minimum atomic E-state index is -0.823. The molecule has 0 bridgehead atoms. The molecule has 1 heterocycles. The van der Waals surface area contributed by atoms with Crippen molar-refractivity contribution >= 4 is 17.7 Å². The summed E-state index contributed by atoms with van der Waals surface area (Å²) in [6.45, 7) is 1.81. The second-order valence-corrected chi connectivity index (χ2v) is 4.05. The fourth-order valence-corrected chi connectivity index (χ4v) is 1.92. The Hall–Kier alpha value is -1.54. The van der Waals surface area contributed by atoms with Gasteiger partial charge in [-0.15, -0.1) is 11.8 Å². The molecular formula is C10H10N2O2S. The van der Waals surface area contributed by atoms with Crippen LogP contribution in [0.4, 0.5) is 0 Å². The fourth-order valence-electron chi connectivity index (χ4n) is 1.02. The molecule has 0 saturated carbocycles. The Morgan fingerprint density at radius 3 is 3.00 bits per heavy atom. The average Bonchev–Trinajstić information content (AvgIpc) is 2.16. The average molecular weight is 222 g/mol. The number of carbonyl (C=O) groups is 1. The van der Waals surface area contributed by atoms with Gasteiger partial charge in [-0.1, -0.05) is 0 Å². The number of pyridine rings is 1. The van der Waals surface area contributed by atoms with Crippen molar-refractivity contribution in [1.82, 2.24) is 4.98 Å². The van der Waals surface area contributed by atoms with Crippen molar-refractivity contribution in [1.29, 1.82) is 5.26 Å². The van der Waals surface area contributed by atoms with Gasteiger partial charge in [0.1, 0.15) is 0 Å². The molecule has 0 amide bonds. The van der Waals surface area contributed by atoms with E-state index in [9.17, 15) is 4.79 Å². The molecule has 0 aromatic carbocycles. The molecule has 1 aromatic heterocycles. The van der Waals surface area contributed by atoms with Crippen LogP contribution in [0.2, 0.25) is 0 Å². The zero-order valence-corrected chi connectivity index (χ0v) is 9.04. The van der Waals surface area contributed by atoms with Crippen LogP contribution in [0.3, 0.4) is 0 Å². The molecule has 1 aromatic rings. The number of carboxylic acids is 1. The van der Waals surface area contributed by atoms with E-state index in [1.54, 1.807) is 12.1 Å². The Labute approximate surface area is 91.9 Å². The van der Waals surface area contributed by atoms with Gasteiger partial charge in [0.25, 0.3) is 0 Å². The van der Waals surface area contributed by atoms with Gasteiger partial charge in [-0.05, 0) is 19.1 Å². The molecule has 0 radical (unpaired) electrons. The van der Waals surface area contributed by atoms with Crippen molar-refractivity contribution in [2.45, 2.75) is 18.4 Å². The molecule has 15 heavy (non-hydrogen) atoms. The first kappa shape index (κ1) is 11.5. The van der Waals surface area contributed by atoms with Crippen molar-refractivity contribution in [3.05, 3.63) is 23.4 Å². The second-order valence-electron chi connectivity index (χ2n) is 2.94. The minimum Gasteiger partial charge on any atom is -0.481 e. The molecule has 0 aliphatic rings. The minimum absolute atomic E-state index is 0.0994. The third-order valence-corrected chi connectivity index (χ3v) is 2.54. The molecule has 0 aliphatic carbocycles. The van der Waals surface area contributed by atoms with Gasteiger partial charge in [-0.3, -0.25) is 4.79 Å². The number of rotatable bonds is 4. The highest BCUT2D eigenvalue weighted by Crippen LogP contribution is 2.18. The summed E-state index contributed by atoms with van der Waals surface area (Å²) in [6, 6.07) is 5.40. The van der Waals surface area contributed by atoms with Crippen LogP contribution in [0.25, 0.3) is 0 Å². The Kier molecular flexibility index (Phi) is 4.13. The van der Waals surface area contributed by atoms with Crippen LogP contribution in [0, 0.1) is 18.3 Å². The Balaban J connectivity index is 2.65. The van der Waals surface area contributed by atoms with E-state index < -0.39 is 5.97 Å². The summed E-state index contributed by atoms with van der Waals surface area (Å²) >= 11 is 1.35. The molecule has 4 nitrogen and oxygen atoms in total. The first-order valence-corrected chi connectivity index (χ1v) is 5.34. The summed E-state index contributed by atoms with van der Waals surface area (Å²) in [5.74, 6) is -0.355. The van der Waals surface area contributed by atoms with E-state index >= 15 is 0 Å². The van der Waals surface area contributed by atoms with Crippen LogP contribution in [-0.2, 0) is 4.79 Å². The van der Waals surface area contributed by atoms with Gasteiger partial charge in [-0.25, -0.2) is 4.98 Å². The standard InChI is InChI=1S/C10H10N2O2S/c1-7-4-8(6-11)5-9(12-7)15-3-2-10(13)14/h4-5H,2-3H2,1H3,(H,13,14). The summed E-state index contributed by atoms with van der Waals surface area (Å²) < 4.78 is 0. The summed E-state index contributed by atoms with van der Waals surface area (Å²) in [6.07, 6.45) is 0.0994. The summed E-state index contributed by atoms with van der Waals surface area (Å²) in [5.41, 5.74) is 1.33. The predicted molar refractivity (Wildman–Crippen MR) is 56.7 cm³/mol. The quantitative estimate of drug-likeness (QED) is 0.786. The lowest BCUT2D eigenvalue weighted by Crippen LogP contribution is -1.96. The summed E-state index contributed by atoms with van der Waals surface area (Å²) in [7, 11) is 0. The molecule has 5 heteroatoms. The molecule has 0 unspecified atom stereocenters. The normalized spacial score (nSPS) is 9.60. The number of thioether (sulfide) groups is 1. The lowest BCUT2D eigenvalue weighted by Gasteiger charge is -2.01. The van der Waals surface area contributed by atoms with Gasteiger partial charge in [0.2, 0.25) is 0 Å². The topological polar surface area (TPSA) is 74.0 Å². The Bertz CT molecular complexity index is 412. The molecule has 1 rings (SSSR count). The molecule has 0 atom stereocenters. The zero-order chi connectivity index (χ0) is 11.3. The second kappa shape index (κ2) is 5.37. The largest absolute Gasteiger partial charge is 0.481 e. The molecule has 0 aliphatic heterocycles. The van der Waals surface area contributed by atoms with Crippen molar-refractivity contribution in [2.24, 2.45) is 0 Å². The number of aryl methyl sites for hydroxylation is 1. The molecular weight excluding hydrogens is 212 g/mol. The number of aromatic nitrogens is 1. The molecule has 78 valence electrons. The number of hydrogen-bond donors (Lipinski definition) is 1. The molecule has 1 N–H and O–H groups in total. The van der Waals surface area contributed by atoms with E-state index in [1.165, 1.54) is 11.8 Å². The van der Waals surface area contributed by atoms with Crippen LogP contribution < -0.4 is 0 Å². The number of hydrogen-bond acceptors (Lipinski definition) is 4. The van der Waals surface area contributed by atoms with E-state index in [2.05, 4.69) is 4.98 Å². The van der Waals surface area contributed by atoms with Crippen LogP contribution >= 0.6 is 11.8 Å². The third kappa shape index (κ3) is 4.00. The van der Waals surface area contributed by atoms with Crippen LogP contribution in [0.1, 0.15) is 17.7 Å². The summed E-state index contributed by atoms with van der Waals surface area (Å²) in [5, 5.41) is 17.9. The maximum Gasteiger partial charge on any atom is 0.304 e. The van der Waals surface area contributed by atoms with E-state index in [0.717, 1.165) is 5.69 Å². The highest BCUT2D eigenvalue weighted by atomic mass is 32.2. The SMILES string of the molecule is Cc1cc(C#N)cc(SCCC(=O)O)n1. The third-order valence-electron chi connectivity index (χ3n) is 1.62. The van der Waals surface area contributed by atoms with Gasteiger partial charge in [0.15, 0.2) is 0 Å². The molecule has 0 fully saturated rings. The Morgan fingerprint density at radius 2 is 2.40 bits per heavy atom. The molecule has 0 saturated heterocycles. The maximum atomic E-state index is 10.3. The van der Waals surface area contributed by atoms with Crippen molar-refractivity contribution in [2.75, 3.05) is 5.75 Å². The van der Waals surface area contributed by atoms with Crippen LogP contribution in [-0.4, -0.2) is 21.8 Å². The predicted octanol–water partition coefficient (Wildman–Crippen LogP) is 1.83. The van der Waals surface area contributed by atoms with Gasteiger partial charge in [-0.2, -0.15) is 5.26 Å². The summed E-state index contributed by atoms with van der Waals surface area (Å²) in [4.78, 5) is 14.5. The van der Waals surface area contributed by atoms with Crippen molar-refractivity contribution < 1.29 is 9.90 Å². The van der Waals surface area contributed by atoms with E-state index in [-0.39, 0.29) is 6.42 Å². The first-order valence-electron chi connectivity index (χ1n) is 4.35. The van der Waals surface area contributed by atoms with E-state index in [4.69, 9.17) is 10.4 Å². The number of aliphatic carboxylic acids is 1. The fraction of sp³-hybridized carbons (Fsp3) is 0.300. The monoisotopic (exact) mass is 222 g/mol. The highest BCUT2D eigenvalue weighted by molar-refractivity contribution is 7.99. The Morgan fingerprint density at radius 1 is 1.67 bits per heavy atom.